The number of carbonyl (C=O) groups excluding carboxylic acids is 1. The van der Waals surface area contributed by atoms with Crippen LogP contribution in [0.2, 0.25) is 0 Å². The molecule has 0 fully saturated rings. The second kappa shape index (κ2) is 9.33. The van der Waals surface area contributed by atoms with Gasteiger partial charge in [0.05, 0.1) is 19.9 Å². The maximum Gasteiger partial charge on any atom is 0.326 e. The zero-order valence-corrected chi connectivity index (χ0v) is 16.4. The van der Waals surface area contributed by atoms with E-state index in [-0.39, 0.29) is 13.0 Å². The van der Waals surface area contributed by atoms with Crippen LogP contribution in [0.3, 0.4) is 0 Å². The summed E-state index contributed by atoms with van der Waals surface area (Å²) in [5, 5.41) is 12.4. The molecule has 8 nitrogen and oxygen atoms in total. The second-order valence-corrected chi connectivity index (χ2v) is 6.65. The van der Waals surface area contributed by atoms with Crippen molar-refractivity contribution in [3.05, 3.63) is 28.8 Å². The Morgan fingerprint density at radius 3 is 2.52 bits per heavy atom. The smallest absolute Gasteiger partial charge is 0.326 e. The summed E-state index contributed by atoms with van der Waals surface area (Å²) < 4.78 is 15.4. The van der Waals surface area contributed by atoms with E-state index in [0.717, 1.165) is 5.56 Å². The van der Waals surface area contributed by atoms with Crippen LogP contribution >= 0.6 is 11.3 Å². The molecule has 1 aromatic carbocycles. The van der Waals surface area contributed by atoms with Gasteiger partial charge < -0.3 is 24.6 Å². The first-order valence-corrected chi connectivity index (χ1v) is 8.95. The van der Waals surface area contributed by atoms with E-state index in [1.807, 2.05) is 6.07 Å². The van der Waals surface area contributed by atoms with Crippen LogP contribution in [0.4, 0.5) is 0 Å². The number of methoxy groups -OCH3 is 3. The van der Waals surface area contributed by atoms with Crippen molar-refractivity contribution >= 4 is 23.2 Å². The number of benzene rings is 1. The lowest BCUT2D eigenvalue weighted by Gasteiger charge is -2.13. The number of aliphatic carboxylic acids is 1. The molecule has 0 bridgehead atoms. The van der Waals surface area contributed by atoms with Gasteiger partial charge in [0.15, 0.2) is 11.5 Å². The number of nitrogens with one attached hydrogen (secondary N) is 1. The maximum absolute atomic E-state index is 12.5. The summed E-state index contributed by atoms with van der Waals surface area (Å²) in [6, 6.07) is 4.33. The molecule has 1 unspecified atom stereocenters. The molecule has 0 radical (unpaired) electrons. The number of carbonyl (C=O) groups is 2. The number of hydrogen-bond acceptors (Lipinski definition) is 7. The SMILES string of the molecule is COCCC(NC(=O)c1sc(-c2ccc(OC)c(OC)c2)nc1C)C(=O)O. The maximum atomic E-state index is 12.5. The minimum absolute atomic E-state index is 0.179. The van der Waals surface area contributed by atoms with Crippen LogP contribution in [0.25, 0.3) is 10.6 Å². The minimum Gasteiger partial charge on any atom is -0.493 e. The highest BCUT2D eigenvalue weighted by atomic mass is 32.1. The number of hydrogen-bond donors (Lipinski definition) is 2. The van der Waals surface area contributed by atoms with Crippen molar-refractivity contribution in [1.29, 1.82) is 0 Å². The van der Waals surface area contributed by atoms with Gasteiger partial charge in [0.2, 0.25) is 0 Å². The first-order valence-electron chi connectivity index (χ1n) is 8.13. The Labute approximate surface area is 161 Å². The Bertz CT molecular complexity index is 820. The normalized spacial score (nSPS) is 11.7. The number of aryl methyl sites for hydroxylation is 1. The number of aromatic nitrogens is 1. The van der Waals surface area contributed by atoms with E-state index < -0.39 is 17.9 Å². The third-order valence-corrected chi connectivity index (χ3v) is 5.05. The van der Waals surface area contributed by atoms with Gasteiger partial charge in [-0.15, -0.1) is 11.3 Å². The molecule has 0 aliphatic rings. The van der Waals surface area contributed by atoms with Crippen LogP contribution in [-0.2, 0) is 9.53 Å². The molecule has 1 aromatic heterocycles. The summed E-state index contributed by atoms with van der Waals surface area (Å²) >= 11 is 1.19. The van der Waals surface area contributed by atoms with Gasteiger partial charge in [0.1, 0.15) is 15.9 Å². The standard InChI is InChI=1S/C18H22N2O6S/c1-10-15(16(21)20-12(18(22)23)7-8-24-2)27-17(19-10)11-5-6-13(25-3)14(9-11)26-4/h5-6,9,12H,7-8H2,1-4H3,(H,20,21)(H,22,23). The quantitative estimate of drug-likeness (QED) is 0.672. The fourth-order valence-electron chi connectivity index (χ4n) is 2.42. The second-order valence-electron chi connectivity index (χ2n) is 5.65. The first kappa shape index (κ1) is 20.7. The Morgan fingerprint density at radius 1 is 1.22 bits per heavy atom. The van der Waals surface area contributed by atoms with E-state index in [9.17, 15) is 14.7 Å². The predicted molar refractivity (Wildman–Crippen MR) is 101 cm³/mol. The molecule has 9 heteroatoms. The molecule has 0 spiro atoms. The highest BCUT2D eigenvalue weighted by Gasteiger charge is 2.23. The van der Waals surface area contributed by atoms with Crippen molar-refractivity contribution in [2.45, 2.75) is 19.4 Å². The highest BCUT2D eigenvalue weighted by molar-refractivity contribution is 7.17. The molecule has 1 amide bonds. The van der Waals surface area contributed by atoms with Crippen LogP contribution in [0.15, 0.2) is 18.2 Å². The van der Waals surface area contributed by atoms with Crippen molar-refractivity contribution in [3.8, 4) is 22.1 Å². The van der Waals surface area contributed by atoms with Gasteiger partial charge in [-0.25, -0.2) is 9.78 Å². The van der Waals surface area contributed by atoms with Crippen molar-refractivity contribution in [1.82, 2.24) is 10.3 Å². The monoisotopic (exact) mass is 394 g/mol. The van der Waals surface area contributed by atoms with Gasteiger partial charge in [-0.1, -0.05) is 0 Å². The van der Waals surface area contributed by atoms with E-state index in [1.54, 1.807) is 33.3 Å². The zero-order chi connectivity index (χ0) is 20.0. The van der Waals surface area contributed by atoms with Crippen LogP contribution in [0.5, 0.6) is 11.5 Å². The molecular weight excluding hydrogens is 372 g/mol. The van der Waals surface area contributed by atoms with Crippen LogP contribution in [0.1, 0.15) is 21.8 Å². The molecule has 0 saturated carbocycles. The van der Waals surface area contributed by atoms with Gasteiger partial charge in [0.25, 0.3) is 5.91 Å². The fourth-order valence-corrected chi connectivity index (χ4v) is 3.38. The van der Waals surface area contributed by atoms with Gasteiger partial charge in [-0.05, 0) is 25.1 Å². The lowest BCUT2D eigenvalue weighted by molar-refractivity contribution is -0.139. The van der Waals surface area contributed by atoms with Gasteiger partial charge in [0, 0.05) is 25.7 Å². The molecule has 0 aliphatic carbocycles. The van der Waals surface area contributed by atoms with Crippen molar-refractivity contribution in [2.24, 2.45) is 0 Å². The topological polar surface area (TPSA) is 107 Å². The molecular formula is C18H22N2O6S. The lowest BCUT2D eigenvalue weighted by atomic mass is 10.2. The van der Waals surface area contributed by atoms with E-state index >= 15 is 0 Å². The van der Waals surface area contributed by atoms with Crippen molar-refractivity contribution in [3.63, 3.8) is 0 Å². The summed E-state index contributed by atoms with van der Waals surface area (Å²) in [6.45, 7) is 1.94. The molecule has 1 atom stereocenters. The summed E-state index contributed by atoms with van der Waals surface area (Å²) in [5.41, 5.74) is 1.30. The van der Waals surface area contributed by atoms with E-state index in [4.69, 9.17) is 14.2 Å². The number of ether oxygens (including phenoxy) is 3. The van der Waals surface area contributed by atoms with Crippen molar-refractivity contribution < 1.29 is 28.9 Å². The highest BCUT2D eigenvalue weighted by Crippen LogP contribution is 2.35. The average Bonchev–Trinajstić information content (AvgIpc) is 3.05. The number of carboxylic acids is 1. The molecule has 27 heavy (non-hydrogen) atoms. The molecule has 2 rings (SSSR count). The average molecular weight is 394 g/mol. The largest absolute Gasteiger partial charge is 0.493 e. The number of thiazole rings is 1. The summed E-state index contributed by atoms with van der Waals surface area (Å²) in [4.78, 5) is 28.6. The van der Waals surface area contributed by atoms with Crippen LogP contribution in [-0.4, -0.2) is 55.9 Å². The molecule has 2 aromatic rings. The fraction of sp³-hybridized carbons (Fsp3) is 0.389. The number of rotatable bonds is 9. The number of nitrogens with zero attached hydrogens (tertiary/aromatic N) is 1. The Kier molecular flexibility index (Phi) is 7.14. The predicted octanol–water partition coefficient (Wildman–Crippen LogP) is 2.36. The van der Waals surface area contributed by atoms with E-state index in [2.05, 4.69) is 10.3 Å². The Hall–Kier alpha value is -2.65. The molecule has 2 N–H and O–H groups in total. The van der Waals surface area contributed by atoms with Crippen molar-refractivity contribution in [2.75, 3.05) is 27.9 Å². The summed E-state index contributed by atoms with van der Waals surface area (Å²) in [5.74, 6) is -0.433. The molecule has 0 aliphatic heterocycles. The number of amides is 1. The Balaban J connectivity index is 2.25. The number of carboxylic acid groups (broad SMARTS) is 1. The summed E-state index contributed by atoms with van der Waals surface area (Å²) in [7, 11) is 4.57. The lowest BCUT2D eigenvalue weighted by Crippen LogP contribution is -2.41. The molecule has 0 saturated heterocycles. The third-order valence-electron chi connectivity index (χ3n) is 3.85. The van der Waals surface area contributed by atoms with E-state index in [0.29, 0.717) is 27.1 Å². The Morgan fingerprint density at radius 2 is 1.93 bits per heavy atom. The van der Waals surface area contributed by atoms with Gasteiger partial charge in [-0.2, -0.15) is 0 Å². The third kappa shape index (κ3) is 4.95. The first-order chi connectivity index (χ1) is 12.9. The molecule has 1 heterocycles. The summed E-state index contributed by atoms with van der Waals surface area (Å²) in [6.07, 6.45) is 0.179. The van der Waals surface area contributed by atoms with E-state index in [1.165, 1.54) is 18.4 Å². The van der Waals surface area contributed by atoms with Crippen LogP contribution in [0, 0.1) is 6.92 Å². The van der Waals surface area contributed by atoms with Gasteiger partial charge >= 0.3 is 5.97 Å². The molecule has 146 valence electrons. The van der Waals surface area contributed by atoms with Crippen LogP contribution < -0.4 is 14.8 Å². The van der Waals surface area contributed by atoms with Gasteiger partial charge in [-0.3, -0.25) is 4.79 Å². The zero-order valence-electron chi connectivity index (χ0n) is 15.6. The minimum atomic E-state index is -1.11.